The second-order valence-electron chi connectivity index (χ2n) is 23.3. The molecule has 0 amide bonds. The summed E-state index contributed by atoms with van der Waals surface area (Å²) < 4.78 is 2.67. The second-order valence-corrected chi connectivity index (χ2v) is 24.3. The van der Waals surface area contributed by atoms with Crippen molar-refractivity contribution >= 4 is 70.1 Å². The number of nitrogens with zero attached hydrogens (tertiary/aromatic N) is 1. The maximum Gasteiger partial charge on any atom is 0.0726 e. The van der Waals surface area contributed by atoms with E-state index in [9.17, 15) is 0 Å². The molecule has 13 rings (SSSR count). The Labute approximate surface area is 423 Å². The molecule has 346 valence electrons. The van der Waals surface area contributed by atoms with E-state index in [-0.39, 0.29) is 16.2 Å². The number of thiophene rings is 1. The van der Waals surface area contributed by atoms with Crippen molar-refractivity contribution in [3.63, 3.8) is 0 Å². The zero-order valence-electron chi connectivity index (χ0n) is 42.3. The van der Waals surface area contributed by atoms with E-state index in [4.69, 9.17) is 0 Å². The predicted octanol–water partition coefficient (Wildman–Crippen LogP) is 19.7. The molecular formula is C69H59NS. The minimum atomic E-state index is -0.525. The van der Waals surface area contributed by atoms with E-state index in [1.54, 1.807) is 0 Å². The standard InChI is InChI=1S/C69H59NS/c1-66(2,3)45-30-35-53-54-36-31-46(67(4,5)6)40-59(54)69(58(53)39-45)57-26-15-14-23-52(57)55-37-34-48(41-60(55)69)70(47-32-28-43(29-33-47)50-24-16-20-42-18-10-12-21-49(42)50)62-27-17-25-56-63-51-22-13-11-19-44(51)38-61(68(7,8)9)65(63)71-64(56)62/h10-41H,1-9H3. The Morgan fingerprint density at radius 3 is 1.56 bits per heavy atom. The zero-order chi connectivity index (χ0) is 48.8. The van der Waals surface area contributed by atoms with Gasteiger partial charge < -0.3 is 4.90 Å². The summed E-state index contributed by atoms with van der Waals surface area (Å²) in [6, 6.07) is 74.6. The van der Waals surface area contributed by atoms with Crippen LogP contribution in [-0.4, -0.2) is 0 Å². The normalized spacial score (nSPS) is 13.8. The molecule has 2 aliphatic carbocycles. The van der Waals surface area contributed by atoms with Crippen LogP contribution in [0.25, 0.3) is 75.1 Å². The van der Waals surface area contributed by atoms with E-state index in [2.05, 4.69) is 261 Å². The van der Waals surface area contributed by atoms with Gasteiger partial charge in [0.15, 0.2) is 0 Å². The highest BCUT2D eigenvalue weighted by Crippen LogP contribution is 2.64. The predicted molar refractivity (Wildman–Crippen MR) is 307 cm³/mol. The van der Waals surface area contributed by atoms with Crippen LogP contribution in [0.2, 0.25) is 0 Å². The lowest BCUT2D eigenvalue weighted by Crippen LogP contribution is -2.27. The molecule has 71 heavy (non-hydrogen) atoms. The van der Waals surface area contributed by atoms with Crippen LogP contribution in [-0.2, 0) is 21.7 Å². The molecule has 1 spiro atoms. The first-order chi connectivity index (χ1) is 34.1. The number of hydrogen-bond acceptors (Lipinski definition) is 2. The molecule has 0 aliphatic heterocycles. The molecule has 1 aromatic heterocycles. The first-order valence-corrected chi connectivity index (χ1v) is 26.2. The number of fused-ring (bicyclic) bond motifs is 16. The highest BCUT2D eigenvalue weighted by atomic mass is 32.1. The van der Waals surface area contributed by atoms with Gasteiger partial charge in [-0.05, 0) is 147 Å². The Bertz CT molecular complexity index is 3920. The topological polar surface area (TPSA) is 3.24 Å². The first kappa shape index (κ1) is 43.7. The minimum absolute atomic E-state index is 0.0273. The van der Waals surface area contributed by atoms with Crippen molar-refractivity contribution in [1.29, 1.82) is 0 Å². The summed E-state index contributed by atoms with van der Waals surface area (Å²) in [6.45, 7) is 21.2. The molecule has 0 unspecified atom stereocenters. The molecule has 0 N–H and O–H groups in total. The van der Waals surface area contributed by atoms with E-state index < -0.39 is 5.41 Å². The van der Waals surface area contributed by atoms with Gasteiger partial charge in [-0.15, -0.1) is 11.3 Å². The summed E-state index contributed by atoms with van der Waals surface area (Å²) in [5, 5.41) is 7.77. The lowest BCUT2D eigenvalue weighted by molar-refractivity contribution is 0.586. The van der Waals surface area contributed by atoms with Gasteiger partial charge in [0.1, 0.15) is 0 Å². The Balaban J connectivity index is 1.11. The van der Waals surface area contributed by atoms with Crippen LogP contribution < -0.4 is 4.90 Å². The Morgan fingerprint density at radius 1 is 0.366 bits per heavy atom. The molecule has 0 bridgehead atoms. The fraction of sp³-hybridized carbons (Fsp3) is 0.188. The Hall–Kier alpha value is -7.26. The van der Waals surface area contributed by atoms with Crippen molar-refractivity contribution in [1.82, 2.24) is 0 Å². The van der Waals surface area contributed by atoms with Crippen LogP contribution in [0.15, 0.2) is 194 Å². The minimum Gasteiger partial charge on any atom is -0.309 e. The van der Waals surface area contributed by atoms with Gasteiger partial charge in [-0.25, -0.2) is 0 Å². The van der Waals surface area contributed by atoms with Crippen molar-refractivity contribution in [3.05, 3.63) is 233 Å². The van der Waals surface area contributed by atoms with Crippen molar-refractivity contribution < 1.29 is 0 Å². The van der Waals surface area contributed by atoms with Gasteiger partial charge in [-0.3, -0.25) is 0 Å². The fourth-order valence-electron chi connectivity index (χ4n) is 12.3. The number of hydrogen-bond donors (Lipinski definition) is 0. The summed E-state index contributed by atoms with van der Waals surface area (Å²) in [4.78, 5) is 2.56. The molecule has 2 heteroatoms. The van der Waals surface area contributed by atoms with Gasteiger partial charge in [0, 0.05) is 26.8 Å². The third-order valence-electron chi connectivity index (χ3n) is 15.9. The summed E-state index contributed by atoms with van der Waals surface area (Å²) in [6.07, 6.45) is 0. The van der Waals surface area contributed by atoms with Crippen molar-refractivity contribution in [2.75, 3.05) is 4.90 Å². The van der Waals surface area contributed by atoms with E-state index in [1.807, 2.05) is 11.3 Å². The van der Waals surface area contributed by atoms with E-state index in [1.165, 1.54) is 120 Å². The Morgan fingerprint density at radius 2 is 0.887 bits per heavy atom. The van der Waals surface area contributed by atoms with Crippen molar-refractivity contribution in [3.8, 4) is 33.4 Å². The molecule has 0 atom stereocenters. The SMILES string of the molecule is CC(C)(C)c1ccc2c(c1)C1(c3ccccc3-c3ccc(N(c4ccc(-c5cccc6ccccc56)cc4)c4cccc5c4sc4c(C(C)(C)C)cc6ccccc6c45)cc31)c1cc(C(C)(C)C)ccc1-2. The molecule has 0 fully saturated rings. The maximum atomic E-state index is 2.57. The summed E-state index contributed by atoms with van der Waals surface area (Å²) in [7, 11) is 0. The molecule has 0 saturated carbocycles. The number of anilines is 3. The number of rotatable bonds is 4. The van der Waals surface area contributed by atoms with Gasteiger partial charge >= 0.3 is 0 Å². The Kier molecular flexibility index (Phi) is 9.47. The smallest absolute Gasteiger partial charge is 0.0726 e. The van der Waals surface area contributed by atoms with Crippen molar-refractivity contribution in [2.45, 2.75) is 84.0 Å². The lowest BCUT2D eigenvalue weighted by atomic mass is 9.68. The maximum absolute atomic E-state index is 2.57. The van der Waals surface area contributed by atoms with Gasteiger partial charge in [-0.1, -0.05) is 220 Å². The van der Waals surface area contributed by atoms with E-state index >= 15 is 0 Å². The number of benzene rings is 10. The first-order valence-electron chi connectivity index (χ1n) is 25.4. The van der Waals surface area contributed by atoms with Crippen LogP contribution in [0.4, 0.5) is 17.1 Å². The third-order valence-corrected chi connectivity index (χ3v) is 17.2. The van der Waals surface area contributed by atoms with Crippen LogP contribution in [0.1, 0.15) is 101 Å². The van der Waals surface area contributed by atoms with Crippen LogP contribution in [0.3, 0.4) is 0 Å². The van der Waals surface area contributed by atoms with E-state index in [0.717, 1.165) is 11.4 Å². The molecular weight excluding hydrogens is 875 g/mol. The third kappa shape index (κ3) is 6.50. The van der Waals surface area contributed by atoms with Gasteiger partial charge in [0.2, 0.25) is 0 Å². The molecule has 0 saturated heterocycles. The average molecular weight is 934 g/mol. The van der Waals surface area contributed by atoms with E-state index in [0.29, 0.717) is 0 Å². The molecule has 0 radical (unpaired) electrons. The molecule has 2 aliphatic rings. The summed E-state index contributed by atoms with van der Waals surface area (Å²) in [5.74, 6) is 0. The molecule has 1 heterocycles. The van der Waals surface area contributed by atoms with Crippen LogP contribution >= 0.6 is 11.3 Å². The lowest BCUT2D eigenvalue weighted by Gasteiger charge is -2.34. The van der Waals surface area contributed by atoms with Crippen LogP contribution in [0.5, 0.6) is 0 Å². The fourth-order valence-corrected chi connectivity index (χ4v) is 13.8. The largest absolute Gasteiger partial charge is 0.309 e. The van der Waals surface area contributed by atoms with Gasteiger partial charge in [0.05, 0.1) is 15.8 Å². The summed E-state index contributed by atoms with van der Waals surface area (Å²) in [5.41, 5.74) is 20.1. The monoisotopic (exact) mass is 933 g/mol. The van der Waals surface area contributed by atoms with Gasteiger partial charge in [-0.2, -0.15) is 0 Å². The summed E-state index contributed by atoms with van der Waals surface area (Å²) >= 11 is 1.96. The molecule has 11 aromatic rings. The average Bonchev–Trinajstić information content (AvgIpc) is 4.01. The zero-order valence-corrected chi connectivity index (χ0v) is 43.1. The second kappa shape index (κ2) is 15.4. The van der Waals surface area contributed by atoms with Gasteiger partial charge in [0.25, 0.3) is 0 Å². The molecule has 10 aromatic carbocycles. The van der Waals surface area contributed by atoms with Crippen molar-refractivity contribution in [2.24, 2.45) is 0 Å². The highest BCUT2D eigenvalue weighted by Gasteiger charge is 2.52. The quantitative estimate of drug-likeness (QED) is 0.170. The molecule has 1 nitrogen and oxygen atoms in total. The van der Waals surface area contributed by atoms with Crippen LogP contribution in [0, 0.1) is 0 Å². The highest BCUT2D eigenvalue weighted by molar-refractivity contribution is 7.26.